The number of nitrogens with zero attached hydrogens (tertiary/aromatic N) is 1. The van der Waals surface area contributed by atoms with Gasteiger partial charge in [0.1, 0.15) is 11.6 Å². The first-order valence-electron chi connectivity index (χ1n) is 12.2. The molecule has 0 unspecified atom stereocenters. The SMILES string of the molecule is C=CC(C)=O.CNC.N/C(=C\c1c(N)[nH]c(C2CCOCC2)c1N1CCOCC1)c1ccccc1O. The van der Waals surface area contributed by atoms with Crippen LogP contribution in [0.4, 0.5) is 11.5 Å². The number of carbonyl (C=O) groups excluding carboxylic acids is 1. The summed E-state index contributed by atoms with van der Waals surface area (Å²) < 4.78 is 11.1. The molecule has 9 heteroatoms. The number of hydrogen-bond acceptors (Lipinski definition) is 8. The van der Waals surface area contributed by atoms with Gasteiger partial charge in [0.25, 0.3) is 0 Å². The number of allylic oxidation sites excluding steroid dienone is 1. The van der Waals surface area contributed by atoms with Crippen LogP contribution in [0.1, 0.15) is 42.5 Å². The number of aromatic hydroxyl groups is 1. The average molecular weight is 500 g/mol. The Balaban J connectivity index is 0.000000501. The fourth-order valence-corrected chi connectivity index (χ4v) is 4.05. The van der Waals surface area contributed by atoms with Crippen LogP contribution in [0.25, 0.3) is 11.8 Å². The number of aromatic amines is 1. The summed E-state index contributed by atoms with van der Waals surface area (Å²) in [5.41, 5.74) is 17.0. The quantitative estimate of drug-likeness (QED) is 0.396. The molecule has 2 saturated heterocycles. The number of morpholine rings is 1. The summed E-state index contributed by atoms with van der Waals surface area (Å²) in [5, 5.41) is 12.9. The Labute approximate surface area is 214 Å². The number of aromatic nitrogens is 1. The van der Waals surface area contributed by atoms with Crippen molar-refractivity contribution >= 4 is 29.1 Å². The lowest BCUT2D eigenvalue weighted by Gasteiger charge is -2.32. The molecule has 2 aliphatic rings. The smallest absolute Gasteiger partial charge is 0.152 e. The van der Waals surface area contributed by atoms with Crippen LogP contribution in [0, 0.1) is 0 Å². The Kier molecular flexibility index (Phi) is 12.0. The number of nitrogens with one attached hydrogen (secondary N) is 2. The van der Waals surface area contributed by atoms with Crippen LogP contribution >= 0.6 is 0 Å². The van der Waals surface area contributed by atoms with Gasteiger partial charge < -0.3 is 41.2 Å². The number of carbonyl (C=O) groups is 1. The topological polar surface area (TPSA) is 139 Å². The van der Waals surface area contributed by atoms with Gasteiger partial charge >= 0.3 is 0 Å². The number of H-pyrrole nitrogens is 1. The second-order valence-electron chi connectivity index (χ2n) is 8.63. The minimum absolute atomic E-state index is 0.0185. The molecule has 0 atom stereocenters. The van der Waals surface area contributed by atoms with Crippen LogP contribution in [-0.2, 0) is 14.3 Å². The van der Waals surface area contributed by atoms with Gasteiger partial charge in [-0.2, -0.15) is 0 Å². The van der Waals surface area contributed by atoms with Crippen molar-refractivity contribution < 1.29 is 19.4 Å². The van der Waals surface area contributed by atoms with Gasteiger partial charge in [-0.3, -0.25) is 4.79 Å². The number of rotatable bonds is 5. The second kappa shape index (κ2) is 15.0. The van der Waals surface area contributed by atoms with Crippen molar-refractivity contribution in [3.8, 4) is 5.75 Å². The van der Waals surface area contributed by atoms with Gasteiger partial charge in [0.15, 0.2) is 5.78 Å². The van der Waals surface area contributed by atoms with E-state index < -0.39 is 0 Å². The maximum Gasteiger partial charge on any atom is 0.152 e. The molecule has 1 aromatic carbocycles. The predicted molar refractivity (Wildman–Crippen MR) is 147 cm³/mol. The molecule has 0 saturated carbocycles. The van der Waals surface area contributed by atoms with E-state index in [9.17, 15) is 9.90 Å². The summed E-state index contributed by atoms with van der Waals surface area (Å²) in [6.07, 6.45) is 5.08. The lowest BCUT2D eigenvalue weighted by atomic mass is 9.94. The maximum atomic E-state index is 10.2. The molecule has 9 nitrogen and oxygen atoms in total. The van der Waals surface area contributed by atoms with Gasteiger partial charge in [0, 0.05) is 54.7 Å². The van der Waals surface area contributed by atoms with Crippen LogP contribution in [0.3, 0.4) is 0 Å². The molecule has 198 valence electrons. The van der Waals surface area contributed by atoms with E-state index >= 15 is 0 Å². The summed E-state index contributed by atoms with van der Waals surface area (Å²) in [6, 6.07) is 7.07. The summed E-state index contributed by atoms with van der Waals surface area (Å²) >= 11 is 0. The molecular weight excluding hydrogens is 458 g/mol. The number of ketones is 1. The van der Waals surface area contributed by atoms with Crippen LogP contribution in [0.2, 0.25) is 0 Å². The summed E-state index contributed by atoms with van der Waals surface area (Å²) in [5.74, 6) is 1.15. The molecule has 2 fully saturated rings. The highest BCUT2D eigenvalue weighted by molar-refractivity contribution is 5.90. The minimum atomic E-state index is 0.0185. The number of hydrogen-bond donors (Lipinski definition) is 5. The maximum absolute atomic E-state index is 10.2. The van der Waals surface area contributed by atoms with E-state index in [1.54, 1.807) is 18.2 Å². The van der Waals surface area contributed by atoms with Crippen molar-refractivity contribution in [2.24, 2.45) is 5.73 Å². The second-order valence-corrected chi connectivity index (χ2v) is 8.63. The van der Waals surface area contributed by atoms with Crippen molar-refractivity contribution in [1.29, 1.82) is 0 Å². The molecule has 36 heavy (non-hydrogen) atoms. The van der Waals surface area contributed by atoms with Gasteiger partial charge in [-0.05, 0) is 58.1 Å². The molecule has 0 spiro atoms. The van der Waals surface area contributed by atoms with Gasteiger partial charge in [-0.1, -0.05) is 18.7 Å². The van der Waals surface area contributed by atoms with Crippen molar-refractivity contribution in [2.45, 2.75) is 25.7 Å². The molecule has 0 amide bonds. The number of anilines is 2. The molecule has 0 aliphatic carbocycles. The average Bonchev–Trinajstić information content (AvgIpc) is 3.21. The summed E-state index contributed by atoms with van der Waals surface area (Å²) in [4.78, 5) is 15.4. The van der Waals surface area contributed by atoms with E-state index in [2.05, 4.69) is 21.8 Å². The third kappa shape index (κ3) is 8.15. The van der Waals surface area contributed by atoms with Crippen LogP contribution in [0.15, 0.2) is 36.9 Å². The molecule has 0 radical (unpaired) electrons. The summed E-state index contributed by atoms with van der Waals surface area (Å²) in [6.45, 7) is 9.20. The molecule has 7 N–H and O–H groups in total. The molecule has 2 aromatic rings. The fraction of sp³-hybridized carbons (Fsp3) is 0.444. The molecule has 1 aromatic heterocycles. The van der Waals surface area contributed by atoms with E-state index in [0.29, 0.717) is 36.2 Å². The number of nitrogen functional groups attached to an aromatic ring is 1. The lowest BCUT2D eigenvalue weighted by molar-refractivity contribution is -0.112. The standard InChI is InChI=1S/C21H28N4O3.C4H6O.C2H7N/c22-17(15-3-1-2-4-18(15)26)13-16-20(25-7-11-28-12-8-25)19(24-21(16)23)14-5-9-27-10-6-14;1-3-4(2)5;1-3-2/h1-4,13-14,24,26H,5-12,22-23H2;3H,1H2,2H3;3H,1-2H3/b17-13-;;. The van der Waals surface area contributed by atoms with Crippen molar-refractivity contribution in [3.05, 3.63) is 53.7 Å². The molecule has 0 bridgehead atoms. The fourth-order valence-electron chi connectivity index (χ4n) is 4.05. The Bertz CT molecular complexity index is 1010. The van der Waals surface area contributed by atoms with E-state index in [1.165, 1.54) is 13.0 Å². The number of para-hydroxylation sites is 1. The Hall–Kier alpha value is -3.27. The predicted octanol–water partition coefficient (Wildman–Crippen LogP) is 3.09. The number of ether oxygens (including phenoxy) is 2. The number of phenols is 1. The van der Waals surface area contributed by atoms with E-state index in [0.717, 1.165) is 56.1 Å². The van der Waals surface area contributed by atoms with E-state index in [4.69, 9.17) is 20.9 Å². The first kappa shape index (κ1) is 29.0. The number of benzene rings is 1. The zero-order valence-electron chi connectivity index (χ0n) is 21.7. The first-order chi connectivity index (χ1) is 17.3. The molecule has 4 rings (SSSR count). The zero-order valence-corrected chi connectivity index (χ0v) is 21.7. The van der Waals surface area contributed by atoms with Crippen LogP contribution in [-0.4, -0.2) is 69.5 Å². The highest BCUT2D eigenvalue weighted by atomic mass is 16.5. The van der Waals surface area contributed by atoms with Crippen molar-refractivity contribution in [3.63, 3.8) is 0 Å². The third-order valence-corrected chi connectivity index (χ3v) is 5.83. The van der Waals surface area contributed by atoms with Crippen molar-refractivity contribution in [1.82, 2.24) is 10.3 Å². The van der Waals surface area contributed by atoms with Gasteiger partial charge in [-0.15, -0.1) is 0 Å². The Morgan fingerprint density at radius 3 is 2.28 bits per heavy atom. The number of phenolic OH excluding ortho intramolecular Hbond substituents is 1. The largest absolute Gasteiger partial charge is 0.507 e. The highest BCUT2D eigenvalue weighted by Crippen LogP contribution is 2.41. The summed E-state index contributed by atoms with van der Waals surface area (Å²) in [7, 11) is 3.75. The van der Waals surface area contributed by atoms with E-state index in [-0.39, 0.29) is 11.5 Å². The normalized spacial score (nSPS) is 16.3. The van der Waals surface area contributed by atoms with Crippen molar-refractivity contribution in [2.75, 3.05) is 64.2 Å². The van der Waals surface area contributed by atoms with Gasteiger partial charge in [0.05, 0.1) is 18.9 Å². The third-order valence-electron chi connectivity index (χ3n) is 5.83. The minimum Gasteiger partial charge on any atom is -0.507 e. The Morgan fingerprint density at radius 2 is 1.72 bits per heavy atom. The number of nitrogens with two attached hydrogens (primary N) is 2. The zero-order chi connectivity index (χ0) is 26.5. The van der Waals surface area contributed by atoms with E-state index in [1.807, 2.05) is 26.2 Å². The lowest BCUT2D eigenvalue weighted by Crippen LogP contribution is -2.37. The van der Waals surface area contributed by atoms with Gasteiger partial charge in [-0.25, -0.2) is 0 Å². The molecule has 2 aliphatic heterocycles. The molecule has 3 heterocycles. The first-order valence-corrected chi connectivity index (χ1v) is 12.2. The van der Waals surface area contributed by atoms with Gasteiger partial charge in [0.2, 0.25) is 0 Å². The molecular formula is C27H41N5O4. The van der Waals surface area contributed by atoms with Crippen LogP contribution in [0.5, 0.6) is 5.75 Å². The highest BCUT2D eigenvalue weighted by Gasteiger charge is 2.28. The Morgan fingerprint density at radius 1 is 1.17 bits per heavy atom. The van der Waals surface area contributed by atoms with Crippen LogP contribution < -0.4 is 21.7 Å². The monoisotopic (exact) mass is 499 g/mol.